The monoisotopic (exact) mass is 293 g/mol. The molecule has 0 fully saturated rings. The van der Waals surface area contributed by atoms with Crippen molar-refractivity contribution in [1.29, 1.82) is 0 Å². The normalized spacial score (nSPS) is 12.8. The molecule has 0 bridgehead atoms. The Bertz CT molecular complexity index is 536. The second-order valence-corrected chi connectivity index (χ2v) is 5.75. The van der Waals surface area contributed by atoms with Gasteiger partial charge in [0, 0.05) is 11.6 Å². The minimum absolute atomic E-state index is 0.318. The zero-order valence-electron chi connectivity index (χ0n) is 8.38. The van der Waals surface area contributed by atoms with E-state index in [1.165, 1.54) is 12.1 Å². The van der Waals surface area contributed by atoms with Gasteiger partial charge in [0.25, 0.3) is 0 Å². The third-order valence-electron chi connectivity index (χ3n) is 2.26. The maximum absolute atomic E-state index is 13.1. The number of thiophene rings is 1. The van der Waals surface area contributed by atoms with E-state index in [1.54, 1.807) is 6.07 Å². The molecule has 2 N–H and O–H groups in total. The van der Waals surface area contributed by atoms with Crippen LogP contribution in [0.5, 0.6) is 0 Å². The average Bonchev–Trinajstić information content (AvgIpc) is 2.55. The molecule has 1 unspecified atom stereocenters. The summed E-state index contributed by atoms with van der Waals surface area (Å²) in [5.74, 6) is -1.35. The molecule has 0 amide bonds. The van der Waals surface area contributed by atoms with E-state index in [4.69, 9.17) is 28.9 Å². The van der Waals surface area contributed by atoms with Crippen LogP contribution in [-0.4, -0.2) is 0 Å². The lowest BCUT2D eigenvalue weighted by molar-refractivity contribution is 0.577. The Morgan fingerprint density at radius 1 is 1.06 bits per heavy atom. The quantitative estimate of drug-likeness (QED) is 0.874. The Morgan fingerprint density at radius 3 is 2.12 bits per heavy atom. The molecule has 0 aliphatic carbocycles. The summed E-state index contributed by atoms with van der Waals surface area (Å²) in [4.78, 5) is 0. The molecule has 17 heavy (non-hydrogen) atoms. The van der Waals surface area contributed by atoms with Gasteiger partial charge < -0.3 is 5.73 Å². The number of benzene rings is 1. The van der Waals surface area contributed by atoms with E-state index in [9.17, 15) is 8.78 Å². The van der Waals surface area contributed by atoms with Crippen LogP contribution in [0.4, 0.5) is 8.78 Å². The fourth-order valence-electron chi connectivity index (χ4n) is 1.50. The van der Waals surface area contributed by atoms with Crippen LogP contribution in [-0.2, 0) is 0 Å². The summed E-state index contributed by atoms with van der Waals surface area (Å²) < 4.78 is 27.0. The largest absolute Gasteiger partial charge is 0.320 e. The first-order valence-electron chi connectivity index (χ1n) is 4.63. The minimum Gasteiger partial charge on any atom is -0.320 e. The van der Waals surface area contributed by atoms with Gasteiger partial charge in [-0.05, 0) is 23.8 Å². The Labute approximate surface area is 111 Å². The van der Waals surface area contributed by atoms with E-state index >= 15 is 0 Å². The third kappa shape index (κ3) is 2.77. The van der Waals surface area contributed by atoms with Gasteiger partial charge in [0.15, 0.2) is 0 Å². The highest BCUT2D eigenvalue weighted by Crippen LogP contribution is 2.36. The van der Waals surface area contributed by atoms with E-state index in [-0.39, 0.29) is 0 Å². The molecule has 1 atom stereocenters. The van der Waals surface area contributed by atoms with Gasteiger partial charge in [0.2, 0.25) is 0 Å². The first kappa shape index (κ1) is 12.8. The van der Waals surface area contributed by atoms with Gasteiger partial charge >= 0.3 is 0 Å². The highest BCUT2D eigenvalue weighted by atomic mass is 35.5. The summed E-state index contributed by atoms with van der Waals surface area (Å²) >= 11 is 12.9. The van der Waals surface area contributed by atoms with Crippen LogP contribution in [0, 0.1) is 11.6 Å². The summed E-state index contributed by atoms with van der Waals surface area (Å²) in [6.07, 6.45) is 0. The molecule has 0 aliphatic heterocycles. The molecule has 0 saturated carbocycles. The lowest BCUT2D eigenvalue weighted by Gasteiger charge is -2.11. The van der Waals surface area contributed by atoms with Crippen molar-refractivity contribution in [1.82, 2.24) is 0 Å². The highest BCUT2D eigenvalue weighted by Gasteiger charge is 2.17. The molecule has 1 nitrogen and oxygen atoms in total. The van der Waals surface area contributed by atoms with Crippen molar-refractivity contribution in [2.45, 2.75) is 6.04 Å². The van der Waals surface area contributed by atoms with Crippen molar-refractivity contribution in [2.24, 2.45) is 5.73 Å². The lowest BCUT2D eigenvalue weighted by atomic mass is 10.0. The van der Waals surface area contributed by atoms with Crippen LogP contribution in [0.3, 0.4) is 0 Å². The first-order valence-corrected chi connectivity index (χ1v) is 6.21. The molecule has 6 heteroatoms. The number of hydrogen-bond acceptors (Lipinski definition) is 2. The highest BCUT2D eigenvalue weighted by molar-refractivity contribution is 7.20. The van der Waals surface area contributed by atoms with Gasteiger partial charge in [-0.15, -0.1) is 11.3 Å². The number of halogens is 4. The fourth-order valence-corrected chi connectivity index (χ4v) is 3.05. The lowest BCUT2D eigenvalue weighted by Crippen LogP contribution is -2.12. The van der Waals surface area contributed by atoms with Crippen molar-refractivity contribution in [3.63, 3.8) is 0 Å². The summed E-state index contributed by atoms with van der Waals surface area (Å²) in [6.45, 7) is 0. The average molecular weight is 294 g/mol. The molecule has 2 aromatic rings. The SMILES string of the molecule is NC(c1cc(F)cc(F)c1)c1cc(Cl)sc1Cl. The van der Waals surface area contributed by atoms with Crippen LogP contribution in [0.1, 0.15) is 17.2 Å². The standard InChI is InChI=1S/C11H7Cl2F2NS/c12-9-4-8(11(13)17-9)10(16)5-1-6(14)3-7(15)2-5/h1-4,10H,16H2. The van der Waals surface area contributed by atoms with Crippen molar-refractivity contribution < 1.29 is 8.78 Å². The maximum atomic E-state index is 13.1. The summed E-state index contributed by atoms with van der Waals surface area (Å²) in [7, 11) is 0. The molecule has 1 aromatic carbocycles. The van der Waals surface area contributed by atoms with Gasteiger partial charge in [-0.2, -0.15) is 0 Å². The molecule has 0 radical (unpaired) electrons. The van der Waals surface area contributed by atoms with E-state index in [0.29, 0.717) is 19.8 Å². The second-order valence-electron chi connectivity index (χ2n) is 3.46. The zero-order valence-corrected chi connectivity index (χ0v) is 10.7. The number of rotatable bonds is 2. The Balaban J connectivity index is 2.43. The van der Waals surface area contributed by atoms with Crippen LogP contribution in [0.2, 0.25) is 8.67 Å². The van der Waals surface area contributed by atoms with Gasteiger partial charge in [-0.1, -0.05) is 23.2 Å². The third-order valence-corrected chi connectivity index (χ3v) is 3.78. The van der Waals surface area contributed by atoms with Crippen LogP contribution < -0.4 is 5.73 Å². The van der Waals surface area contributed by atoms with Crippen LogP contribution in [0.25, 0.3) is 0 Å². The van der Waals surface area contributed by atoms with Crippen molar-refractivity contribution in [3.05, 3.63) is 55.7 Å². The molecule has 90 valence electrons. The molecule has 0 spiro atoms. The van der Waals surface area contributed by atoms with Gasteiger partial charge in [0.05, 0.1) is 14.7 Å². The molecule has 2 rings (SSSR count). The van der Waals surface area contributed by atoms with E-state index in [0.717, 1.165) is 17.4 Å². The molecule has 1 aromatic heterocycles. The summed E-state index contributed by atoms with van der Waals surface area (Å²) in [5, 5.41) is 0. The molecule has 1 heterocycles. The smallest absolute Gasteiger partial charge is 0.126 e. The summed E-state index contributed by atoms with van der Waals surface area (Å²) in [6, 6.07) is 4.04. The molecular formula is C11H7Cl2F2NS. The molecule has 0 aliphatic rings. The van der Waals surface area contributed by atoms with Crippen molar-refractivity contribution >= 4 is 34.5 Å². The van der Waals surface area contributed by atoms with Crippen molar-refractivity contribution in [2.75, 3.05) is 0 Å². The summed E-state index contributed by atoms with van der Waals surface area (Å²) in [5.41, 5.74) is 6.78. The predicted molar refractivity (Wildman–Crippen MR) is 66.7 cm³/mol. The molecular weight excluding hydrogens is 287 g/mol. The fraction of sp³-hybridized carbons (Fsp3) is 0.0909. The first-order chi connectivity index (χ1) is 7.97. The van der Waals surface area contributed by atoms with Crippen LogP contribution >= 0.6 is 34.5 Å². The Kier molecular flexibility index (Phi) is 3.68. The second kappa shape index (κ2) is 4.90. The maximum Gasteiger partial charge on any atom is 0.126 e. The molecule has 0 saturated heterocycles. The topological polar surface area (TPSA) is 26.0 Å². The van der Waals surface area contributed by atoms with E-state index in [1.807, 2.05) is 0 Å². The number of nitrogens with two attached hydrogens (primary N) is 1. The minimum atomic E-state index is -0.698. The Morgan fingerprint density at radius 2 is 1.65 bits per heavy atom. The predicted octanol–water partition coefficient (Wildman–Crippen LogP) is 4.38. The van der Waals surface area contributed by atoms with Gasteiger partial charge in [0.1, 0.15) is 11.6 Å². The number of hydrogen-bond donors (Lipinski definition) is 1. The van der Waals surface area contributed by atoms with E-state index in [2.05, 4.69) is 0 Å². The zero-order chi connectivity index (χ0) is 12.6. The van der Waals surface area contributed by atoms with Gasteiger partial charge in [-0.25, -0.2) is 8.78 Å². The van der Waals surface area contributed by atoms with Gasteiger partial charge in [-0.3, -0.25) is 0 Å². The Hall–Kier alpha value is -0.680. The van der Waals surface area contributed by atoms with Crippen LogP contribution in [0.15, 0.2) is 24.3 Å². The van der Waals surface area contributed by atoms with E-state index < -0.39 is 17.7 Å². The van der Waals surface area contributed by atoms with Crippen molar-refractivity contribution in [3.8, 4) is 0 Å².